The molecule has 11 heteroatoms. The van der Waals surface area contributed by atoms with Gasteiger partial charge in [0, 0.05) is 49.2 Å². The second-order valence-electron chi connectivity index (χ2n) is 13.2. The number of hydrogen-bond donors (Lipinski definition) is 0. The predicted molar refractivity (Wildman–Crippen MR) is 186 cm³/mol. The number of rotatable bonds is 6. The summed E-state index contributed by atoms with van der Waals surface area (Å²) in [5, 5.41) is -1.45. The number of nitrogens with zero attached hydrogens (tertiary/aromatic N) is 3. The van der Waals surface area contributed by atoms with Gasteiger partial charge in [-0.3, -0.25) is 9.59 Å². The van der Waals surface area contributed by atoms with E-state index in [2.05, 4.69) is 0 Å². The molecule has 1 saturated heterocycles. The van der Waals surface area contributed by atoms with Crippen molar-refractivity contribution in [1.82, 2.24) is 4.90 Å². The van der Waals surface area contributed by atoms with Gasteiger partial charge in [-0.15, -0.1) is 0 Å². The van der Waals surface area contributed by atoms with E-state index in [-0.39, 0.29) is 21.6 Å². The summed E-state index contributed by atoms with van der Waals surface area (Å²) in [7, 11) is -5.12. The van der Waals surface area contributed by atoms with Crippen LogP contribution in [0.25, 0.3) is 0 Å². The molecule has 4 aliphatic rings. The van der Waals surface area contributed by atoms with Gasteiger partial charge in [0.05, 0.1) is 21.5 Å². The molecule has 0 N–H and O–H groups in total. The average molecular weight is 694 g/mol. The Morgan fingerprint density at radius 2 is 1.31 bits per heavy atom. The van der Waals surface area contributed by atoms with Crippen molar-refractivity contribution in [3.8, 4) is 0 Å². The van der Waals surface area contributed by atoms with E-state index in [9.17, 15) is 13.2 Å². The Morgan fingerprint density at radius 1 is 0.714 bits per heavy atom. The van der Waals surface area contributed by atoms with Gasteiger partial charge in [-0.1, -0.05) is 72.8 Å². The van der Waals surface area contributed by atoms with Crippen LogP contribution in [0.3, 0.4) is 0 Å². The first-order valence-corrected chi connectivity index (χ1v) is 19.5. The van der Waals surface area contributed by atoms with Crippen LogP contribution >= 0.6 is 0 Å². The van der Waals surface area contributed by atoms with E-state index in [0.717, 1.165) is 11.3 Å². The Hall–Kier alpha value is -4.74. The molecular weight excluding hydrogens is 659 g/mol. The molecule has 4 aromatic carbocycles. The molecule has 4 aromatic rings. The monoisotopic (exact) mass is 693 g/mol. The Balaban J connectivity index is 1.48. The van der Waals surface area contributed by atoms with Crippen LogP contribution < -0.4 is 9.80 Å². The lowest BCUT2D eigenvalue weighted by atomic mass is 9.80. The Kier molecular flexibility index (Phi) is 7.17. The van der Waals surface area contributed by atoms with Crippen LogP contribution in [0.2, 0.25) is 0 Å². The fourth-order valence-electron chi connectivity index (χ4n) is 8.75. The van der Waals surface area contributed by atoms with Crippen LogP contribution in [0.5, 0.6) is 0 Å². The van der Waals surface area contributed by atoms with Crippen LogP contribution in [-0.2, 0) is 34.8 Å². The molecule has 2 amide bonds. The van der Waals surface area contributed by atoms with Gasteiger partial charge in [-0.05, 0) is 60.4 Å². The first-order valence-electron chi connectivity index (χ1n) is 16.3. The molecule has 0 saturated carbocycles. The third kappa shape index (κ3) is 4.34. The van der Waals surface area contributed by atoms with Gasteiger partial charge in [-0.25, -0.2) is 16.8 Å². The molecule has 9 nitrogen and oxygen atoms in total. The first kappa shape index (κ1) is 31.5. The number of para-hydroxylation sites is 2. The third-order valence-corrected chi connectivity index (χ3v) is 14.7. The summed E-state index contributed by atoms with van der Waals surface area (Å²) in [6, 6.07) is 30.7. The molecule has 0 unspecified atom stereocenters. The predicted octanol–water partition coefficient (Wildman–Crippen LogP) is 4.91. The molecule has 1 fully saturated rings. The summed E-state index contributed by atoms with van der Waals surface area (Å²) in [6.45, 7) is 0.313. The Bertz CT molecular complexity index is 2270. The van der Waals surface area contributed by atoms with E-state index in [1.807, 2.05) is 47.4 Å². The van der Waals surface area contributed by atoms with Gasteiger partial charge in [0.15, 0.2) is 25.2 Å². The van der Waals surface area contributed by atoms with Crippen molar-refractivity contribution in [1.29, 1.82) is 0 Å². The minimum atomic E-state index is -4.35. The number of anilines is 2. The van der Waals surface area contributed by atoms with Gasteiger partial charge >= 0.3 is 0 Å². The maximum absolute atomic E-state index is 15.2. The highest BCUT2D eigenvalue weighted by Gasteiger charge is 2.70. The highest BCUT2D eigenvalue weighted by molar-refractivity contribution is 7.93. The molecule has 1 spiro atoms. The molecule has 4 heterocycles. The quantitative estimate of drug-likeness (QED) is 0.282. The molecule has 0 aliphatic carbocycles. The normalized spacial score (nSPS) is 24.9. The number of likely N-dealkylation sites (N-methyl/N-ethyl adjacent to an activating group) is 2. The second kappa shape index (κ2) is 11.1. The maximum Gasteiger partial charge on any atom is 0.257 e. The third-order valence-electron chi connectivity index (χ3n) is 10.8. The molecule has 0 radical (unpaired) electrons. The summed E-state index contributed by atoms with van der Waals surface area (Å²) in [5.74, 6) is -3.22. The molecule has 0 bridgehead atoms. The number of carbonyl (C=O) groups is 2. The van der Waals surface area contributed by atoms with Crippen LogP contribution in [0, 0.1) is 5.92 Å². The first-order chi connectivity index (χ1) is 23.5. The molecule has 4 aliphatic heterocycles. The van der Waals surface area contributed by atoms with Crippen LogP contribution in [0.15, 0.2) is 130 Å². The van der Waals surface area contributed by atoms with Crippen molar-refractivity contribution in [3.05, 3.63) is 132 Å². The summed E-state index contributed by atoms with van der Waals surface area (Å²) >= 11 is 0. The highest BCUT2D eigenvalue weighted by atomic mass is 32.2. The van der Waals surface area contributed by atoms with Crippen molar-refractivity contribution < 1.29 is 26.4 Å². The summed E-state index contributed by atoms with van der Waals surface area (Å²) < 4.78 is 59.3. The van der Waals surface area contributed by atoms with E-state index < -0.39 is 48.1 Å². The zero-order chi connectivity index (χ0) is 34.3. The smallest absolute Gasteiger partial charge is 0.257 e. The highest BCUT2D eigenvalue weighted by Crippen LogP contribution is 2.61. The maximum atomic E-state index is 15.2. The zero-order valence-corrected chi connectivity index (χ0v) is 28.7. The fourth-order valence-corrected chi connectivity index (χ4v) is 12.7. The minimum absolute atomic E-state index is 0.0267. The molecule has 49 heavy (non-hydrogen) atoms. The van der Waals surface area contributed by atoms with Crippen molar-refractivity contribution in [2.45, 2.75) is 39.3 Å². The summed E-state index contributed by atoms with van der Waals surface area (Å²) in [6.07, 6.45) is 0.969. The summed E-state index contributed by atoms with van der Waals surface area (Å²) in [4.78, 5) is 34.2. The van der Waals surface area contributed by atoms with Gasteiger partial charge < -0.3 is 14.7 Å². The standard InChI is InChI=1S/C38H35N3O6S2/c1-39-31-21-11-9-18-27(31)33(36(39)42)28-19-13-23-41-34(28)35(49(46,47)26-16-7-4-8-17-26)30(24-48(44,45)25-14-5-3-6-15-25)38(41)29-20-10-12-22-32(29)40(2)37(38)43/h3-12,14-18,20-22,30,33,35H,13,19,23-24H2,1-2H3/t30-,33+,35-,38+/m0/s1. The Labute approximate surface area is 286 Å². The number of sulfone groups is 2. The van der Waals surface area contributed by atoms with Gasteiger partial charge in [0.2, 0.25) is 5.91 Å². The van der Waals surface area contributed by atoms with Crippen molar-refractivity contribution >= 4 is 42.9 Å². The average Bonchev–Trinajstić information content (AvgIpc) is 3.65. The minimum Gasteiger partial charge on any atom is -0.355 e. The molecule has 250 valence electrons. The lowest BCUT2D eigenvalue weighted by Gasteiger charge is -2.42. The number of hydrogen-bond acceptors (Lipinski definition) is 7. The number of benzene rings is 4. The van der Waals surface area contributed by atoms with Gasteiger partial charge in [0.25, 0.3) is 5.91 Å². The number of amides is 2. The van der Waals surface area contributed by atoms with Gasteiger partial charge in [0.1, 0.15) is 5.25 Å². The molecule has 0 aromatic heterocycles. The van der Waals surface area contributed by atoms with Crippen molar-refractivity contribution in [3.63, 3.8) is 0 Å². The summed E-state index contributed by atoms with van der Waals surface area (Å²) in [5.41, 5.74) is 1.99. The molecule has 4 atom stereocenters. The molecule has 8 rings (SSSR count). The van der Waals surface area contributed by atoms with E-state index in [1.165, 1.54) is 29.2 Å². The number of carbonyl (C=O) groups excluding carboxylic acids is 2. The van der Waals surface area contributed by atoms with Crippen molar-refractivity contribution in [2.24, 2.45) is 5.92 Å². The van der Waals surface area contributed by atoms with E-state index >= 15 is 13.2 Å². The van der Waals surface area contributed by atoms with Crippen LogP contribution in [0.4, 0.5) is 11.4 Å². The zero-order valence-electron chi connectivity index (χ0n) is 27.1. The SMILES string of the molecule is CN1C(=O)[C@@H](C2=C3[C@@H](S(=O)(=O)c4ccccc4)[C@H](CS(=O)(=O)c4ccccc4)[C@]4(C(=O)N(C)c5ccccc54)N3CCC2)c2ccccc21. The van der Waals surface area contributed by atoms with Crippen LogP contribution in [0.1, 0.15) is 29.9 Å². The van der Waals surface area contributed by atoms with Crippen molar-refractivity contribution in [2.75, 3.05) is 36.2 Å². The lowest BCUT2D eigenvalue weighted by Crippen LogP contribution is -2.54. The fraction of sp³-hybridized carbons (Fsp3) is 0.263. The van der Waals surface area contributed by atoms with E-state index in [1.54, 1.807) is 61.5 Å². The van der Waals surface area contributed by atoms with E-state index in [4.69, 9.17) is 0 Å². The second-order valence-corrected chi connectivity index (χ2v) is 17.3. The lowest BCUT2D eigenvalue weighted by molar-refractivity contribution is -0.129. The number of fused-ring (bicyclic) bond motifs is 5. The van der Waals surface area contributed by atoms with Gasteiger partial charge in [-0.2, -0.15) is 0 Å². The van der Waals surface area contributed by atoms with Crippen LogP contribution in [-0.4, -0.2) is 65.2 Å². The largest absolute Gasteiger partial charge is 0.355 e. The Morgan fingerprint density at radius 3 is 2.00 bits per heavy atom. The van der Waals surface area contributed by atoms with E-state index in [0.29, 0.717) is 41.9 Å². The topological polar surface area (TPSA) is 112 Å². The molecular formula is C38H35N3O6S2.